The molecule has 0 aromatic heterocycles. The highest BCUT2D eigenvalue weighted by atomic mass is 14.6. The van der Waals surface area contributed by atoms with Gasteiger partial charge in [0.25, 0.3) is 0 Å². The molecule has 4 bridgehead atoms. The molecule has 0 aliphatic heterocycles. The molecule has 4 fully saturated rings. The highest BCUT2D eigenvalue weighted by Crippen LogP contribution is 2.64. The lowest BCUT2D eigenvalue weighted by molar-refractivity contribution is -0.0391. The second-order valence-electron chi connectivity index (χ2n) is 6.24. The molecule has 0 heterocycles. The third kappa shape index (κ3) is 0.900. The Bertz CT molecular complexity index is 182. The summed E-state index contributed by atoms with van der Waals surface area (Å²) in [5, 5.41) is 0. The van der Waals surface area contributed by atoms with E-state index in [0.717, 1.165) is 11.8 Å². The molecule has 4 saturated carbocycles. The van der Waals surface area contributed by atoms with E-state index in [0.29, 0.717) is 10.8 Å². The Hall–Kier alpha value is 0. The Morgan fingerprint density at radius 1 is 0.917 bits per heavy atom. The van der Waals surface area contributed by atoms with Crippen LogP contribution in [0.25, 0.3) is 0 Å². The summed E-state index contributed by atoms with van der Waals surface area (Å²) in [6.45, 7) is 4.98. The fraction of sp³-hybridized carbons (Fsp3) is 0.917. The van der Waals surface area contributed by atoms with Crippen molar-refractivity contribution in [3.05, 3.63) is 6.42 Å². The van der Waals surface area contributed by atoms with E-state index in [2.05, 4.69) is 20.3 Å². The Kier molecular flexibility index (Phi) is 1.18. The number of rotatable bonds is 0. The van der Waals surface area contributed by atoms with Gasteiger partial charge in [0.15, 0.2) is 0 Å². The summed E-state index contributed by atoms with van der Waals surface area (Å²) in [6.07, 6.45) is 10.3. The minimum atomic E-state index is 0.638. The molecule has 0 atom stereocenters. The Balaban J connectivity index is 1.98. The molecule has 0 aromatic rings. The lowest BCUT2D eigenvalue weighted by atomic mass is 9.45. The smallest absolute Gasteiger partial charge is 0.0267 e. The van der Waals surface area contributed by atoms with E-state index in [-0.39, 0.29) is 0 Å². The van der Waals surface area contributed by atoms with Crippen molar-refractivity contribution in [2.75, 3.05) is 0 Å². The van der Waals surface area contributed by atoms with E-state index in [1.807, 2.05) is 0 Å². The molecule has 0 nitrogen and oxygen atoms in total. The Labute approximate surface area is 75.7 Å². The molecular weight excluding hydrogens is 144 g/mol. The molecule has 4 aliphatic rings. The summed E-state index contributed by atoms with van der Waals surface area (Å²) in [4.78, 5) is 0. The van der Waals surface area contributed by atoms with Crippen LogP contribution in [-0.2, 0) is 0 Å². The minimum Gasteiger partial charge on any atom is -0.0593 e. The van der Waals surface area contributed by atoms with Crippen LogP contribution in [0.3, 0.4) is 0 Å². The van der Waals surface area contributed by atoms with Crippen LogP contribution in [0.1, 0.15) is 46.0 Å². The van der Waals surface area contributed by atoms with Gasteiger partial charge in [0.2, 0.25) is 0 Å². The molecular formula is C12H19. The highest BCUT2D eigenvalue weighted by Gasteiger charge is 2.53. The fourth-order valence-electron chi connectivity index (χ4n) is 4.83. The van der Waals surface area contributed by atoms with Crippen LogP contribution in [-0.4, -0.2) is 0 Å². The first-order valence-corrected chi connectivity index (χ1v) is 5.44. The average Bonchev–Trinajstić information content (AvgIpc) is 1.75. The first-order chi connectivity index (χ1) is 5.57. The van der Waals surface area contributed by atoms with Gasteiger partial charge in [-0.05, 0) is 61.2 Å². The van der Waals surface area contributed by atoms with E-state index >= 15 is 0 Å². The topological polar surface area (TPSA) is 0 Å². The quantitative estimate of drug-likeness (QED) is 0.513. The second-order valence-corrected chi connectivity index (χ2v) is 6.24. The van der Waals surface area contributed by atoms with Crippen molar-refractivity contribution in [1.82, 2.24) is 0 Å². The van der Waals surface area contributed by atoms with Crippen molar-refractivity contribution < 1.29 is 0 Å². The average molecular weight is 163 g/mol. The maximum atomic E-state index is 2.70. The lowest BCUT2D eigenvalue weighted by Crippen LogP contribution is -2.49. The zero-order valence-electron chi connectivity index (χ0n) is 8.27. The van der Waals surface area contributed by atoms with Gasteiger partial charge in [0.1, 0.15) is 0 Å². The summed E-state index contributed by atoms with van der Waals surface area (Å²) < 4.78 is 0. The second kappa shape index (κ2) is 1.91. The van der Waals surface area contributed by atoms with E-state index in [9.17, 15) is 0 Å². The minimum absolute atomic E-state index is 0.638. The molecule has 4 rings (SSSR count). The van der Waals surface area contributed by atoms with Crippen LogP contribution in [0.15, 0.2) is 0 Å². The van der Waals surface area contributed by atoms with Gasteiger partial charge >= 0.3 is 0 Å². The molecule has 0 spiro atoms. The van der Waals surface area contributed by atoms with E-state index < -0.39 is 0 Å². The molecule has 0 heteroatoms. The molecule has 4 aliphatic carbocycles. The summed E-state index contributed by atoms with van der Waals surface area (Å²) in [6, 6.07) is 0. The normalized spacial score (nSPS) is 62.5. The lowest BCUT2D eigenvalue weighted by Gasteiger charge is -2.60. The first-order valence-electron chi connectivity index (χ1n) is 5.44. The predicted molar refractivity (Wildman–Crippen MR) is 50.6 cm³/mol. The summed E-state index contributed by atoms with van der Waals surface area (Å²) in [7, 11) is 0. The van der Waals surface area contributed by atoms with Gasteiger partial charge in [-0.3, -0.25) is 0 Å². The SMILES string of the molecule is CC12[CH]C3(C)CC(CC(C1)C3)C2. The van der Waals surface area contributed by atoms with Crippen LogP contribution in [0, 0.1) is 29.1 Å². The van der Waals surface area contributed by atoms with Gasteiger partial charge in [0, 0.05) is 0 Å². The highest BCUT2D eigenvalue weighted by molar-refractivity contribution is 5.14. The van der Waals surface area contributed by atoms with E-state index in [1.165, 1.54) is 25.7 Å². The molecule has 0 aromatic carbocycles. The Morgan fingerprint density at radius 2 is 1.33 bits per heavy atom. The number of hydrogen-bond acceptors (Lipinski definition) is 0. The van der Waals surface area contributed by atoms with E-state index in [4.69, 9.17) is 0 Å². The molecule has 0 saturated heterocycles. The number of hydrogen-bond donors (Lipinski definition) is 0. The van der Waals surface area contributed by atoms with Crippen molar-refractivity contribution in [2.24, 2.45) is 22.7 Å². The fourth-order valence-corrected chi connectivity index (χ4v) is 4.83. The zero-order chi connectivity index (χ0) is 8.40. The van der Waals surface area contributed by atoms with Crippen LogP contribution in [0.5, 0.6) is 0 Å². The summed E-state index contributed by atoms with van der Waals surface area (Å²) >= 11 is 0. The van der Waals surface area contributed by atoms with Gasteiger partial charge in [0.05, 0.1) is 0 Å². The van der Waals surface area contributed by atoms with E-state index in [1.54, 1.807) is 6.42 Å². The van der Waals surface area contributed by atoms with Crippen LogP contribution >= 0.6 is 0 Å². The molecule has 0 N–H and O–H groups in total. The summed E-state index contributed by atoms with van der Waals surface area (Å²) in [5.74, 6) is 2.16. The van der Waals surface area contributed by atoms with Gasteiger partial charge in [-0.25, -0.2) is 0 Å². The van der Waals surface area contributed by atoms with Crippen LogP contribution in [0.4, 0.5) is 0 Å². The van der Waals surface area contributed by atoms with Gasteiger partial charge in [-0.15, -0.1) is 0 Å². The predicted octanol–water partition coefficient (Wildman–Crippen LogP) is 3.43. The largest absolute Gasteiger partial charge is 0.0593 e. The van der Waals surface area contributed by atoms with Crippen molar-refractivity contribution in [3.8, 4) is 0 Å². The zero-order valence-corrected chi connectivity index (χ0v) is 8.27. The third-order valence-corrected chi connectivity index (χ3v) is 4.38. The van der Waals surface area contributed by atoms with Crippen molar-refractivity contribution in [2.45, 2.75) is 46.0 Å². The van der Waals surface area contributed by atoms with Gasteiger partial charge in [-0.2, -0.15) is 0 Å². The molecule has 67 valence electrons. The molecule has 1 radical (unpaired) electrons. The van der Waals surface area contributed by atoms with Crippen molar-refractivity contribution >= 4 is 0 Å². The van der Waals surface area contributed by atoms with Crippen molar-refractivity contribution in [1.29, 1.82) is 0 Å². The summed E-state index contributed by atoms with van der Waals surface area (Å²) in [5.41, 5.74) is 1.28. The van der Waals surface area contributed by atoms with Gasteiger partial charge in [-0.1, -0.05) is 13.8 Å². The van der Waals surface area contributed by atoms with Gasteiger partial charge < -0.3 is 0 Å². The third-order valence-electron chi connectivity index (χ3n) is 4.38. The van der Waals surface area contributed by atoms with Crippen molar-refractivity contribution in [3.63, 3.8) is 0 Å². The van der Waals surface area contributed by atoms with Crippen LogP contribution in [0.2, 0.25) is 0 Å². The first kappa shape index (κ1) is 7.41. The molecule has 0 amide bonds. The Morgan fingerprint density at radius 3 is 1.67 bits per heavy atom. The maximum Gasteiger partial charge on any atom is -0.0267 e. The monoisotopic (exact) mass is 163 g/mol. The molecule has 0 unspecified atom stereocenters. The molecule has 12 heavy (non-hydrogen) atoms. The van der Waals surface area contributed by atoms with Crippen LogP contribution < -0.4 is 0 Å². The maximum absolute atomic E-state index is 2.70. The standard InChI is InChI=1S/C12H19/c1-11-4-9-3-10(5-11)7-12(2,6-9)8-11/h8-10H,3-7H2,1-2H3.